The minimum atomic E-state index is -0.0653. The number of carbonyl (C=O) groups excluding carboxylic acids is 1. The van der Waals surface area contributed by atoms with Crippen molar-refractivity contribution >= 4 is 29.9 Å². The van der Waals surface area contributed by atoms with Gasteiger partial charge in [0.25, 0.3) is 5.91 Å². The summed E-state index contributed by atoms with van der Waals surface area (Å²) >= 11 is 5.93. The van der Waals surface area contributed by atoms with Crippen LogP contribution in [0.4, 0.5) is 0 Å². The van der Waals surface area contributed by atoms with E-state index in [0.29, 0.717) is 22.9 Å². The number of ether oxygens (including phenoxy) is 1. The van der Waals surface area contributed by atoms with Crippen LogP contribution in [0.25, 0.3) is 0 Å². The van der Waals surface area contributed by atoms with Gasteiger partial charge in [-0.15, -0.1) is 12.4 Å². The molecule has 4 nitrogen and oxygen atoms in total. The quantitative estimate of drug-likeness (QED) is 0.912. The third-order valence-electron chi connectivity index (χ3n) is 3.14. The lowest BCUT2D eigenvalue weighted by Gasteiger charge is -2.31. The lowest BCUT2D eigenvalue weighted by atomic mass is 10.0. The van der Waals surface area contributed by atoms with Gasteiger partial charge in [0.2, 0.25) is 0 Å². The van der Waals surface area contributed by atoms with E-state index in [0.717, 1.165) is 19.4 Å². The summed E-state index contributed by atoms with van der Waals surface area (Å²) in [6.45, 7) is 1.33. The van der Waals surface area contributed by atoms with E-state index >= 15 is 0 Å². The second kappa shape index (κ2) is 6.98. The normalized spacial score (nSPS) is 18.7. The summed E-state index contributed by atoms with van der Waals surface area (Å²) in [4.78, 5) is 14.2. The van der Waals surface area contributed by atoms with E-state index < -0.39 is 0 Å². The summed E-state index contributed by atoms with van der Waals surface area (Å²) in [6, 6.07) is 5.12. The largest absolute Gasteiger partial charge is 0.496 e. The molecular weight excluding hydrogens is 287 g/mol. The zero-order valence-corrected chi connectivity index (χ0v) is 12.3. The Hall–Kier alpha value is -0.970. The fourth-order valence-electron chi connectivity index (χ4n) is 2.21. The number of rotatable bonds is 2. The Morgan fingerprint density at radius 2 is 2.26 bits per heavy atom. The van der Waals surface area contributed by atoms with E-state index in [4.69, 9.17) is 22.1 Å². The summed E-state index contributed by atoms with van der Waals surface area (Å²) in [5.41, 5.74) is 6.39. The molecule has 1 aromatic rings. The smallest absolute Gasteiger partial charge is 0.257 e. The molecule has 1 fully saturated rings. The monoisotopic (exact) mass is 304 g/mol. The van der Waals surface area contributed by atoms with Crippen molar-refractivity contribution in [2.24, 2.45) is 5.73 Å². The minimum absolute atomic E-state index is 0. The van der Waals surface area contributed by atoms with Gasteiger partial charge in [-0.2, -0.15) is 0 Å². The van der Waals surface area contributed by atoms with Crippen molar-refractivity contribution in [3.05, 3.63) is 28.8 Å². The zero-order valence-electron chi connectivity index (χ0n) is 10.8. The average Bonchev–Trinajstić information content (AvgIpc) is 2.38. The van der Waals surface area contributed by atoms with Gasteiger partial charge in [0.05, 0.1) is 12.7 Å². The van der Waals surface area contributed by atoms with Gasteiger partial charge in [0.15, 0.2) is 0 Å². The van der Waals surface area contributed by atoms with Crippen molar-refractivity contribution < 1.29 is 9.53 Å². The van der Waals surface area contributed by atoms with Crippen LogP contribution in [0, 0.1) is 0 Å². The third kappa shape index (κ3) is 3.75. The standard InChI is InChI=1S/C13H17ClN2O2.ClH/c1-18-12-5-4-9(14)7-11(12)13(17)16-6-2-3-10(15)8-16;/h4-5,7,10H,2-3,6,8,15H2,1H3;1H/t10-;/m1./s1. The van der Waals surface area contributed by atoms with Crippen LogP contribution in [0.5, 0.6) is 5.75 Å². The molecule has 1 saturated heterocycles. The fraction of sp³-hybridized carbons (Fsp3) is 0.462. The highest BCUT2D eigenvalue weighted by atomic mass is 35.5. The van der Waals surface area contributed by atoms with E-state index in [1.165, 1.54) is 0 Å². The maximum atomic E-state index is 12.4. The first-order valence-electron chi connectivity index (χ1n) is 6.00. The van der Waals surface area contributed by atoms with Crippen molar-refractivity contribution in [3.8, 4) is 5.75 Å². The Bertz CT molecular complexity index is 454. The number of methoxy groups -OCH3 is 1. The average molecular weight is 305 g/mol. The van der Waals surface area contributed by atoms with Crippen molar-refractivity contribution in [2.75, 3.05) is 20.2 Å². The van der Waals surface area contributed by atoms with Crippen LogP contribution in [-0.2, 0) is 0 Å². The Morgan fingerprint density at radius 1 is 1.53 bits per heavy atom. The molecule has 0 saturated carbocycles. The number of halogens is 2. The molecule has 0 spiro atoms. The highest BCUT2D eigenvalue weighted by molar-refractivity contribution is 6.31. The number of nitrogens with two attached hydrogens (primary N) is 1. The van der Waals surface area contributed by atoms with Crippen LogP contribution in [0.2, 0.25) is 5.02 Å². The topological polar surface area (TPSA) is 55.6 Å². The van der Waals surface area contributed by atoms with Gasteiger partial charge < -0.3 is 15.4 Å². The van der Waals surface area contributed by atoms with Crippen LogP contribution < -0.4 is 10.5 Å². The van der Waals surface area contributed by atoms with Crippen LogP contribution in [0.15, 0.2) is 18.2 Å². The van der Waals surface area contributed by atoms with Crippen molar-refractivity contribution in [3.63, 3.8) is 0 Å². The number of hydrogen-bond acceptors (Lipinski definition) is 3. The van der Waals surface area contributed by atoms with Gasteiger partial charge >= 0.3 is 0 Å². The van der Waals surface area contributed by atoms with Crippen molar-refractivity contribution in [1.29, 1.82) is 0 Å². The summed E-state index contributed by atoms with van der Waals surface area (Å²) in [5.74, 6) is 0.480. The van der Waals surface area contributed by atoms with E-state index in [2.05, 4.69) is 0 Å². The van der Waals surface area contributed by atoms with Gasteiger partial charge in [-0.25, -0.2) is 0 Å². The Morgan fingerprint density at radius 3 is 2.89 bits per heavy atom. The molecule has 1 amide bonds. The van der Waals surface area contributed by atoms with Crippen LogP contribution in [0.3, 0.4) is 0 Å². The number of piperidine rings is 1. The minimum Gasteiger partial charge on any atom is -0.496 e. The molecule has 1 aromatic carbocycles. The Balaban J connectivity index is 0.00000180. The lowest BCUT2D eigenvalue weighted by Crippen LogP contribution is -2.45. The van der Waals surface area contributed by atoms with Gasteiger partial charge in [0.1, 0.15) is 5.75 Å². The van der Waals surface area contributed by atoms with Gasteiger partial charge in [-0.05, 0) is 31.0 Å². The Labute approximate surface area is 124 Å². The number of amides is 1. The molecule has 1 aliphatic rings. The molecular formula is C13H18Cl2N2O2. The summed E-state index contributed by atoms with van der Waals surface area (Å²) < 4.78 is 5.20. The maximum absolute atomic E-state index is 12.4. The molecule has 0 bridgehead atoms. The fourth-order valence-corrected chi connectivity index (χ4v) is 2.38. The first kappa shape index (κ1) is 16.1. The summed E-state index contributed by atoms with van der Waals surface area (Å²) in [5, 5.41) is 0.528. The number of hydrogen-bond donors (Lipinski definition) is 1. The molecule has 19 heavy (non-hydrogen) atoms. The first-order valence-corrected chi connectivity index (χ1v) is 6.38. The van der Waals surface area contributed by atoms with Gasteiger partial charge in [-0.3, -0.25) is 4.79 Å². The van der Waals surface area contributed by atoms with Crippen molar-refractivity contribution in [2.45, 2.75) is 18.9 Å². The molecule has 0 unspecified atom stereocenters. The summed E-state index contributed by atoms with van der Waals surface area (Å²) in [6.07, 6.45) is 1.91. The van der Waals surface area contributed by atoms with E-state index in [9.17, 15) is 4.79 Å². The van der Waals surface area contributed by atoms with Gasteiger partial charge in [0, 0.05) is 24.2 Å². The van der Waals surface area contributed by atoms with E-state index in [-0.39, 0.29) is 24.4 Å². The maximum Gasteiger partial charge on any atom is 0.257 e. The third-order valence-corrected chi connectivity index (χ3v) is 3.37. The molecule has 0 radical (unpaired) electrons. The highest BCUT2D eigenvalue weighted by Gasteiger charge is 2.24. The molecule has 106 valence electrons. The molecule has 0 aromatic heterocycles. The highest BCUT2D eigenvalue weighted by Crippen LogP contribution is 2.25. The Kier molecular flexibility index (Phi) is 5.91. The molecule has 1 aliphatic heterocycles. The predicted molar refractivity (Wildman–Crippen MR) is 78.4 cm³/mol. The molecule has 2 N–H and O–H groups in total. The van der Waals surface area contributed by atoms with Crippen LogP contribution in [0.1, 0.15) is 23.2 Å². The lowest BCUT2D eigenvalue weighted by molar-refractivity contribution is 0.0705. The molecule has 1 atom stereocenters. The second-order valence-corrected chi connectivity index (χ2v) is 4.93. The number of carbonyl (C=O) groups is 1. The van der Waals surface area contributed by atoms with Crippen LogP contribution >= 0.6 is 24.0 Å². The number of nitrogens with zero attached hydrogens (tertiary/aromatic N) is 1. The number of benzene rings is 1. The van der Waals surface area contributed by atoms with E-state index in [1.54, 1.807) is 30.2 Å². The molecule has 2 rings (SSSR count). The molecule has 6 heteroatoms. The molecule has 0 aliphatic carbocycles. The number of likely N-dealkylation sites (tertiary alicyclic amines) is 1. The second-order valence-electron chi connectivity index (χ2n) is 4.50. The summed E-state index contributed by atoms with van der Waals surface area (Å²) in [7, 11) is 1.54. The van der Waals surface area contributed by atoms with Crippen LogP contribution in [-0.4, -0.2) is 37.0 Å². The molecule has 1 heterocycles. The van der Waals surface area contributed by atoms with Crippen molar-refractivity contribution in [1.82, 2.24) is 4.90 Å². The zero-order chi connectivity index (χ0) is 13.1. The van der Waals surface area contributed by atoms with E-state index in [1.807, 2.05) is 0 Å². The first-order chi connectivity index (χ1) is 8.61. The SMILES string of the molecule is COc1ccc(Cl)cc1C(=O)N1CCC[C@@H](N)C1.Cl. The van der Waals surface area contributed by atoms with Gasteiger partial charge in [-0.1, -0.05) is 11.6 Å². The predicted octanol–water partition coefficient (Wildman–Crippen LogP) is 2.33.